The van der Waals surface area contributed by atoms with Crippen molar-refractivity contribution in [2.45, 2.75) is 13.0 Å². The number of hydrogen-bond acceptors (Lipinski definition) is 5. The molecule has 4 aromatic rings. The molecule has 0 spiro atoms. The molecular formula is C33H34FN5O3. The van der Waals surface area contributed by atoms with Gasteiger partial charge in [-0.3, -0.25) is 4.79 Å². The zero-order valence-corrected chi connectivity index (χ0v) is 23.6. The summed E-state index contributed by atoms with van der Waals surface area (Å²) in [5.74, 6) is 0.0295. The molecule has 0 radical (unpaired) electrons. The smallest absolute Gasteiger partial charge is 0.323 e. The van der Waals surface area contributed by atoms with Gasteiger partial charge in [0.2, 0.25) is 0 Å². The molecular weight excluding hydrogens is 533 g/mol. The maximum Gasteiger partial charge on any atom is 0.323 e. The second-order valence-electron chi connectivity index (χ2n) is 10.0. The zero-order chi connectivity index (χ0) is 29.5. The second kappa shape index (κ2) is 13.1. The monoisotopic (exact) mass is 567 g/mol. The van der Waals surface area contributed by atoms with Gasteiger partial charge in [-0.05, 0) is 55.0 Å². The van der Waals surface area contributed by atoms with E-state index in [4.69, 9.17) is 4.74 Å². The number of anilines is 4. The molecule has 8 nitrogen and oxygen atoms in total. The van der Waals surface area contributed by atoms with Gasteiger partial charge in [-0.25, -0.2) is 9.18 Å². The Labute approximate surface area is 245 Å². The van der Waals surface area contributed by atoms with Gasteiger partial charge in [-0.1, -0.05) is 54.6 Å². The van der Waals surface area contributed by atoms with Crippen molar-refractivity contribution in [3.8, 4) is 5.75 Å². The van der Waals surface area contributed by atoms with Gasteiger partial charge in [0, 0.05) is 37.6 Å². The number of urea groups is 1. The fourth-order valence-corrected chi connectivity index (χ4v) is 5.10. The number of carbonyl (C=O) groups is 2. The summed E-state index contributed by atoms with van der Waals surface area (Å²) in [6, 6.07) is 28.0. The molecule has 3 N–H and O–H groups in total. The number of benzene rings is 4. The van der Waals surface area contributed by atoms with Gasteiger partial charge in [0.05, 0.1) is 30.1 Å². The molecule has 0 aliphatic carbocycles. The number of piperazine rings is 1. The highest BCUT2D eigenvalue weighted by Gasteiger charge is 2.24. The minimum absolute atomic E-state index is 0.0641. The average Bonchev–Trinajstić information content (AvgIpc) is 3.02. The van der Waals surface area contributed by atoms with Gasteiger partial charge in [0.25, 0.3) is 5.91 Å². The van der Waals surface area contributed by atoms with Gasteiger partial charge in [-0.15, -0.1) is 0 Å². The van der Waals surface area contributed by atoms with Crippen LogP contribution in [0.2, 0.25) is 0 Å². The molecule has 1 aliphatic heterocycles. The Bertz CT molecular complexity index is 1540. The van der Waals surface area contributed by atoms with Crippen molar-refractivity contribution in [3.05, 3.63) is 114 Å². The van der Waals surface area contributed by atoms with Crippen LogP contribution in [0.25, 0.3) is 0 Å². The van der Waals surface area contributed by atoms with E-state index < -0.39 is 11.8 Å². The molecule has 1 heterocycles. The van der Waals surface area contributed by atoms with Crippen LogP contribution >= 0.6 is 0 Å². The molecule has 1 saturated heterocycles. The third-order valence-corrected chi connectivity index (χ3v) is 7.31. The fourth-order valence-electron chi connectivity index (χ4n) is 5.10. The van der Waals surface area contributed by atoms with Crippen LogP contribution < -0.4 is 30.5 Å². The highest BCUT2D eigenvalue weighted by molar-refractivity contribution is 6.04. The second-order valence-corrected chi connectivity index (χ2v) is 10.0. The quantitative estimate of drug-likeness (QED) is 0.233. The Hall–Kier alpha value is -5.05. The van der Waals surface area contributed by atoms with Crippen LogP contribution in [0.4, 0.5) is 31.9 Å². The zero-order valence-electron chi connectivity index (χ0n) is 23.6. The lowest BCUT2D eigenvalue weighted by molar-refractivity contribution is 0.0940. The van der Waals surface area contributed by atoms with E-state index in [-0.39, 0.29) is 17.6 Å². The van der Waals surface area contributed by atoms with Crippen molar-refractivity contribution >= 4 is 34.7 Å². The summed E-state index contributed by atoms with van der Waals surface area (Å²) < 4.78 is 19.6. The highest BCUT2D eigenvalue weighted by Crippen LogP contribution is 2.31. The predicted octanol–water partition coefficient (Wildman–Crippen LogP) is 6.30. The Balaban J connectivity index is 1.36. The molecule has 5 rings (SSSR count). The average molecular weight is 568 g/mol. The lowest BCUT2D eigenvalue weighted by Crippen LogP contribution is -2.47. The van der Waals surface area contributed by atoms with E-state index >= 15 is 0 Å². The molecule has 1 atom stereocenters. The van der Waals surface area contributed by atoms with Crippen molar-refractivity contribution < 1.29 is 18.7 Å². The molecule has 9 heteroatoms. The highest BCUT2D eigenvalue weighted by atomic mass is 19.1. The summed E-state index contributed by atoms with van der Waals surface area (Å²) in [6.07, 6.45) is 0. The van der Waals surface area contributed by atoms with E-state index in [1.54, 1.807) is 31.4 Å². The molecule has 42 heavy (non-hydrogen) atoms. The van der Waals surface area contributed by atoms with Crippen molar-refractivity contribution in [3.63, 3.8) is 0 Å². The van der Waals surface area contributed by atoms with Crippen molar-refractivity contribution in [2.24, 2.45) is 0 Å². The summed E-state index contributed by atoms with van der Waals surface area (Å²) in [5.41, 5.74) is 3.71. The summed E-state index contributed by atoms with van der Waals surface area (Å²) in [4.78, 5) is 30.8. The van der Waals surface area contributed by atoms with Gasteiger partial charge in [0.15, 0.2) is 0 Å². The Morgan fingerprint density at radius 3 is 2.14 bits per heavy atom. The normalized spacial score (nSPS) is 13.7. The van der Waals surface area contributed by atoms with Crippen molar-refractivity contribution in [1.82, 2.24) is 5.32 Å². The Morgan fingerprint density at radius 1 is 0.786 bits per heavy atom. The van der Waals surface area contributed by atoms with Gasteiger partial charge >= 0.3 is 6.03 Å². The number of nitrogens with one attached hydrogen (secondary N) is 3. The number of nitrogens with zero attached hydrogens (tertiary/aromatic N) is 2. The standard InChI is InChI=1S/C33H34FN5O3/c1-23(24-10-4-3-5-11-24)35-32(40)26-22-25(36-33(41)37-28-13-7-6-12-27(28)34)16-17-29(26)38-18-20-39(21-19-38)30-14-8-9-15-31(30)42-2/h3-17,22-23H,18-21H2,1-2H3,(H,35,40)(H2,36,37,41). The van der Waals surface area contributed by atoms with E-state index in [2.05, 4.69) is 25.8 Å². The third-order valence-electron chi connectivity index (χ3n) is 7.31. The van der Waals surface area contributed by atoms with Crippen LogP contribution in [0.1, 0.15) is 28.9 Å². The number of amides is 3. The SMILES string of the molecule is COc1ccccc1N1CCN(c2ccc(NC(=O)Nc3ccccc3F)cc2C(=O)NC(C)c2ccccc2)CC1. The summed E-state index contributed by atoms with van der Waals surface area (Å²) in [7, 11) is 1.67. The first-order chi connectivity index (χ1) is 20.4. The summed E-state index contributed by atoms with van der Waals surface area (Å²) >= 11 is 0. The Morgan fingerprint density at radius 2 is 1.43 bits per heavy atom. The predicted molar refractivity (Wildman–Crippen MR) is 165 cm³/mol. The van der Waals surface area contributed by atoms with Crippen LogP contribution in [0.15, 0.2) is 97.1 Å². The van der Waals surface area contributed by atoms with Crippen molar-refractivity contribution in [2.75, 3.05) is 53.7 Å². The number of rotatable bonds is 8. The van der Waals surface area contributed by atoms with Gasteiger partial charge in [0.1, 0.15) is 11.6 Å². The first-order valence-electron chi connectivity index (χ1n) is 13.9. The van der Waals surface area contributed by atoms with Crippen LogP contribution in [0, 0.1) is 5.82 Å². The maximum atomic E-state index is 14.0. The molecule has 4 aromatic carbocycles. The number of methoxy groups -OCH3 is 1. The minimum atomic E-state index is -0.609. The largest absolute Gasteiger partial charge is 0.495 e. The van der Waals surface area contributed by atoms with Crippen LogP contribution in [-0.2, 0) is 0 Å². The molecule has 216 valence electrons. The first kappa shape index (κ1) is 28.5. The van der Waals surface area contributed by atoms with Crippen LogP contribution in [0.3, 0.4) is 0 Å². The van der Waals surface area contributed by atoms with E-state index in [0.717, 1.165) is 35.8 Å². The topological polar surface area (TPSA) is 85.9 Å². The lowest BCUT2D eigenvalue weighted by atomic mass is 10.1. The molecule has 1 aliphatic rings. The first-order valence-corrected chi connectivity index (χ1v) is 13.9. The number of ether oxygens (including phenoxy) is 1. The van der Waals surface area contributed by atoms with E-state index in [0.29, 0.717) is 24.3 Å². The van der Waals surface area contributed by atoms with Gasteiger partial charge in [-0.2, -0.15) is 0 Å². The summed E-state index contributed by atoms with van der Waals surface area (Å²) in [6.45, 7) is 4.79. The maximum absolute atomic E-state index is 14.0. The van der Waals surface area contributed by atoms with Crippen molar-refractivity contribution in [1.29, 1.82) is 0 Å². The summed E-state index contributed by atoms with van der Waals surface area (Å²) in [5, 5.41) is 8.35. The molecule has 1 fully saturated rings. The van der Waals surface area contributed by atoms with E-state index in [1.165, 1.54) is 12.1 Å². The fraction of sp³-hybridized carbons (Fsp3) is 0.212. The van der Waals surface area contributed by atoms with E-state index in [9.17, 15) is 14.0 Å². The molecule has 0 bridgehead atoms. The molecule has 0 saturated carbocycles. The third kappa shape index (κ3) is 6.63. The van der Waals surface area contributed by atoms with Crippen LogP contribution in [0.5, 0.6) is 5.75 Å². The van der Waals surface area contributed by atoms with Crippen LogP contribution in [-0.4, -0.2) is 45.2 Å². The Kier molecular flexibility index (Phi) is 8.87. The minimum Gasteiger partial charge on any atom is -0.495 e. The number of carbonyl (C=O) groups excluding carboxylic acids is 2. The van der Waals surface area contributed by atoms with Gasteiger partial charge < -0.3 is 30.5 Å². The number of para-hydroxylation sites is 3. The number of hydrogen-bond donors (Lipinski definition) is 3. The van der Waals surface area contributed by atoms with E-state index in [1.807, 2.05) is 67.6 Å². The molecule has 3 amide bonds. The lowest BCUT2D eigenvalue weighted by Gasteiger charge is -2.38. The number of halogens is 1. The molecule has 0 aromatic heterocycles. The molecule has 1 unspecified atom stereocenters.